The Morgan fingerprint density at radius 1 is 1.04 bits per heavy atom. The topological polar surface area (TPSA) is 43.8 Å². The number of rotatable bonds is 3. The molecule has 0 aromatic heterocycles. The Hall–Kier alpha value is -2.59. The highest BCUT2D eigenvalue weighted by Gasteiger charge is 2.31. The lowest BCUT2D eigenvalue weighted by Gasteiger charge is -2.33. The zero-order chi connectivity index (χ0) is 18.1. The van der Waals surface area contributed by atoms with Gasteiger partial charge in [-0.15, -0.1) is 0 Å². The van der Waals surface area contributed by atoms with Crippen LogP contribution in [-0.2, 0) is 11.2 Å². The number of amides is 1. The first-order valence-electron chi connectivity index (χ1n) is 9.25. The fourth-order valence-corrected chi connectivity index (χ4v) is 3.92. The highest BCUT2D eigenvalue weighted by Crippen LogP contribution is 2.29. The molecule has 0 fully saturated rings. The van der Waals surface area contributed by atoms with E-state index in [-0.39, 0.29) is 17.7 Å². The molecule has 0 saturated carbocycles. The fourth-order valence-electron chi connectivity index (χ4n) is 3.92. The van der Waals surface area contributed by atoms with Crippen molar-refractivity contribution in [2.45, 2.75) is 25.8 Å². The van der Waals surface area contributed by atoms with E-state index in [1.165, 1.54) is 11.1 Å². The minimum atomic E-state index is -0.126. The number of benzene rings is 2. The molecule has 1 N–H and O–H groups in total. The van der Waals surface area contributed by atoms with E-state index in [0.717, 1.165) is 43.7 Å². The van der Waals surface area contributed by atoms with Crippen molar-refractivity contribution >= 4 is 17.2 Å². The van der Waals surface area contributed by atoms with Crippen LogP contribution in [0.25, 0.3) is 5.57 Å². The predicted octanol–water partition coefficient (Wildman–Crippen LogP) is 3.46. The van der Waals surface area contributed by atoms with E-state index in [1.54, 1.807) is 12.1 Å². The number of para-hydroxylation sites is 1. The molecule has 4 heteroatoms. The zero-order valence-corrected chi connectivity index (χ0v) is 15.1. The monoisotopic (exact) mass is 348 g/mol. The molecule has 4 nitrogen and oxygen atoms in total. The summed E-state index contributed by atoms with van der Waals surface area (Å²) in [5.41, 5.74) is 4.77. The van der Waals surface area contributed by atoms with E-state index in [1.807, 2.05) is 42.2 Å². The summed E-state index contributed by atoms with van der Waals surface area (Å²) in [7, 11) is 0. The van der Waals surface area contributed by atoms with Crippen molar-refractivity contribution in [3.8, 4) is 5.75 Å². The maximum atomic E-state index is 13.0. The second-order valence-electron chi connectivity index (χ2n) is 7.07. The molecule has 0 bridgehead atoms. The lowest BCUT2D eigenvalue weighted by Crippen LogP contribution is -2.48. The number of aromatic hydroxyl groups is 1. The van der Waals surface area contributed by atoms with E-state index >= 15 is 0 Å². The van der Waals surface area contributed by atoms with Crippen molar-refractivity contribution in [1.29, 1.82) is 0 Å². The third-order valence-corrected chi connectivity index (χ3v) is 5.54. The Kier molecular flexibility index (Phi) is 4.51. The quantitative estimate of drug-likeness (QED) is 0.924. The number of nitrogens with zero attached hydrogens (tertiary/aromatic N) is 2. The molecular weight excluding hydrogens is 324 g/mol. The van der Waals surface area contributed by atoms with Gasteiger partial charge in [-0.25, -0.2) is 0 Å². The number of phenolic OH excluding ortho intramolecular Hbond substituents is 1. The second kappa shape index (κ2) is 6.96. The number of anilines is 1. The Balaban J connectivity index is 1.44. The number of carbonyl (C=O) groups excluding carboxylic acids is 1. The van der Waals surface area contributed by atoms with Gasteiger partial charge in [-0.05, 0) is 54.7 Å². The van der Waals surface area contributed by atoms with Gasteiger partial charge in [0.15, 0.2) is 0 Å². The van der Waals surface area contributed by atoms with Gasteiger partial charge in [0, 0.05) is 25.3 Å². The average molecular weight is 348 g/mol. The zero-order valence-electron chi connectivity index (χ0n) is 15.1. The molecule has 1 atom stereocenters. The number of hydrogen-bond acceptors (Lipinski definition) is 3. The molecule has 1 unspecified atom stereocenters. The Morgan fingerprint density at radius 2 is 1.81 bits per heavy atom. The molecule has 0 radical (unpaired) electrons. The molecule has 2 aromatic carbocycles. The van der Waals surface area contributed by atoms with Gasteiger partial charge in [-0.1, -0.05) is 36.4 Å². The molecule has 26 heavy (non-hydrogen) atoms. The standard InChI is InChI=1S/C22H24N2O2/c1-16(22(26)24-15-12-19-4-2-3-5-21(19)24)23-13-10-18(11-14-23)17-6-8-20(25)9-7-17/h2-10,16,25H,11-15H2,1H3. The van der Waals surface area contributed by atoms with Gasteiger partial charge in [-0.3, -0.25) is 9.69 Å². The largest absolute Gasteiger partial charge is 0.508 e. The number of phenols is 1. The van der Waals surface area contributed by atoms with Crippen LogP contribution >= 0.6 is 0 Å². The van der Waals surface area contributed by atoms with Crippen LogP contribution in [0.2, 0.25) is 0 Å². The third-order valence-electron chi connectivity index (χ3n) is 5.54. The van der Waals surface area contributed by atoms with Crippen LogP contribution < -0.4 is 4.90 Å². The van der Waals surface area contributed by atoms with E-state index in [0.29, 0.717) is 0 Å². The molecular formula is C22H24N2O2. The molecule has 2 heterocycles. The van der Waals surface area contributed by atoms with Gasteiger partial charge in [0.1, 0.15) is 5.75 Å². The van der Waals surface area contributed by atoms with Crippen molar-refractivity contribution in [2.24, 2.45) is 0 Å². The maximum absolute atomic E-state index is 13.0. The summed E-state index contributed by atoms with van der Waals surface area (Å²) in [5, 5.41) is 9.43. The first-order chi connectivity index (χ1) is 12.6. The lowest BCUT2D eigenvalue weighted by molar-refractivity contribution is -0.123. The Labute approximate surface area is 154 Å². The van der Waals surface area contributed by atoms with Gasteiger partial charge in [0.2, 0.25) is 5.91 Å². The van der Waals surface area contributed by atoms with Gasteiger partial charge < -0.3 is 10.0 Å². The van der Waals surface area contributed by atoms with Gasteiger partial charge in [0.05, 0.1) is 6.04 Å². The molecule has 4 rings (SSSR count). The van der Waals surface area contributed by atoms with Crippen molar-refractivity contribution in [3.05, 3.63) is 65.7 Å². The van der Waals surface area contributed by atoms with Crippen LogP contribution in [0.15, 0.2) is 54.6 Å². The Bertz CT molecular complexity index is 841. The summed E-state index contributed by atoms with van der Waals surface area (Å²) in [6.07, 6.45) is 4.07. The van der Waals surface area contributed by atoms with E-state index in [2.05, 4.69) is 17.0 Å². The number of fused-ring (bicyclic) bond motifs is 1. The fraction of sp³-hybridized carbons (Fsp3) is 0.318. The van der Waals surface area contributed by atoms with Crippen molar-refractivity contribution in [3.63, 3.8) is 0 Å². The minimum Gasteiger partial charge on any atom is -0.508 e. The smallest absolute Gasteiger partial charge is 0.244 e. The van der Waals surface area contributed by atoms with Gasteiger partial charge in [0.25, 0.3) is 0 Å². The summed E-state index contributed by atoms with van der Waals surface area (Å²) in [6, 6.07) is 15.4. The predicted molar refractivity (Wildman–Crippen MR) is 104 cm³/mol. The summed E-state index contributed by atoms with van der Waals surface area (Å²) in [6.45, 7) is 4.45. The maximum Gasteiger partial charge on any atom is 0.244 e. The molecule has 2 aromatic rings. The van der Waals surface area contributed by atoms with Gasteiger partial charge >= 0.3 is 0 Å². The summed E-state index contributed by atoms with van der Waals surface area (Å²) in [5.74, 6) is 0.480. The molecule has 2 aliphatic heterocycles. The molecule has 0 spiro atoms. The first-order valence-corrected chi connectivity index (χ1v) is 9.25. The molecule has 0 saturated heterocycles. The normalized spacial score (nSPS) is 18.3. The van der Waals surface area contributed by atoms with Crippen molar-refractivity contribution in [2.75, 3.05) is 24.5 Å². The van der Waals surface area contributed by atoms with Crippen LogP contribution in [0.1, 0.15) is 24.5 Å². The SMILES string of the molecule is CC(C(=O)N1CCc2ccccc21)N1CC=C(c2ccc(O)cc2)CC1. The second-order valence-corrected chi connectivity index (χ2v) is 7.07. The van der Waals surface area contributed by atoms with E-state index in [9.17, 15) is 9.90 Å². The third kappa shape index (κ3) is 3.13. The molecule has 2 aliphatic rings. The van der Waals surface area contributed by atoms with Crippen LogP contribution in [0, 0.1) is 0 Å². The van der Waals surface area contributed by atoms with Crippen LogP contribution in [-0.4, -0.2) is 41.6 Å². The molecule has 1 amide bonds. The summed E-state index contributed by atoms with van der Waals surface area (Å²) >= 11 is 0. The number of carbonyl (C=O) groups is 1. The number of hydrogen-bond donors (Lipinski definition) is 1. The van der Waals surface area contributed by atoms with Crippen molar-refractivity contribution < 1.29 is 9.90 Å². The van der Waals surface area contributed by atoms with Crippen LogP contribution in [0.5, 0.6) is 5.75 Å². The highest BCUT2D eigenvalue weighted by atomic mass is 16.3. The molecule has 134 valence electrons. The minimum absolute atomic E-state index is 0.126. The summed E-state index contributed by atoms with van der Waals surface area (Å²) in [4.78, 5) is 17.2. The van der Waals surface area contributed by atoms with Crippen molar-refractivity contribution in [1.82, 2.24) is 4.90 Å². The van der Waals surface area contributed by atoms with E-state index in [4.69, 9.17) is 0 Å². The van der Waals surface area contributed by atoms with Gasteiger partial charge in [-0.2, -0.15) is 0 Å². The average Bonchev–Trinajstić information content (AvgIpc) is 3.12. The summed E-state index contributed by atoms with van der Waals surface area (Å²) < 4.78 is 0. The van der Waals surface area contributed by atoms with Crippen LogP contribution in [0.4, 0.5) is 5.69 Å². The first kappa shape index (κ1) is 16.9. The lowest BCUT2D eigenvalue weighted by atomic mass is 9.98. The Morgan fingerprint density at radius 3 is 2.54 bits per heavy atom. The highest BCUT2D eigenvalue weighted by molar-refractivity contribution is 5.98. The van der Waals surface area contributed by atoms with E-state index < -0.39 is 0 Å². The van der Waals surface area contributed by atoms with Crippen LogP contribution in [0.3, 0.4) is 0 Å². The molecule has 0 aliphatic carbocycles.